The van der Waals surface area contributed by atoms with Crippen LogP contribution in [0.15, 0.2) is 35.0 Å². The van der Waals surface area contributed by atoms with Gasteiger partial charge in [0.05, 0.1) is 11.3 Å². The predicted octanol–water partition coefficient (Wildman–Crippen LogP) is 2.03. The van der Waals surface area contributed by atoms with Gasteiger partial charge in [-0.3, -0.25) is 4.79 Å². The first kappa shape index (κ1) is 18.4. The van der Waals surface area contributed by atoms with Crippen molar-refractivity contribution in [2.24, 2.45) is 5.92 Å². The molecule has 3 rings (SSSR count). The van der Waals surface area contributed by atoms with Crippen molar-refractivity contribution in [3.8, 4) is 0 Å². The number of amides is 1. The second-order valence-corrected chi connectivity index (χ2v) is 7.40. The molecule has 7 heteroatoms. The molecule has 0 aliphatic carbocycles. The Morgan fingerprint density at radius 1 is 1.46 bits per heavy atom. The minimum absolute atomic E-state index is 0.162. The Morgan fingerprint density at radius 2 is 2.31 bits per heavy atom. The fraction of sp³-hybridized carbons (Fsp3) is 0.526. The van der Waals surface area contributed by atoms with Crippen molar-refractivity contribution < 1.29 is 14.4 Å². The normalized spacial score (nSPS) is 20.4. The molecular weight excluding hydrogens is 332 g/mol. The van der Waals surface area contributed by atoms with Crippen LogP contribution in [0.1, 0.15) is 42.9 Å². The Hall–Kier alpha value is -2.41. The number of nitrogens with zero attached hydrogens (tertiary/aromatic N) is 3. The molecule has 1 fully saturated rings. The maximum atomic E-state index is 12.3. The van der Waals surface area contributed by atoms with E-state index in [2.05, 4.69) is 29.3 Å². The lowest BCUT2D eigenvalue weighted by molar-refractivity contribution is 0.0250. The van der Waals surface area contributed by atoms with Crippen LogP contribution in [0.2, 0.25) is 0 Å². The molecule has 0 aromatic carbocycles. The largest absolute Gasteiger partial charge is 0.386 e. The zero-order valence-corrected chi connectivity index (χ0v) is 15.3. The molecule has 140 valence electrons. The van der Waals surface area contributed by atoms with Crippen molar-refractivity contribution in [1.82, 2.24) is 15.5 Å². The number of rotatable bonds is 6. The molecule has 3 heterocycles. The van der Waals surface area contributed by atoms with Crippen LogP contribution in [0.25, 0.3) is 0 Å². The van der Waals surface area contributed by atoms with Gasteiger partial charge in [0.1, 0.15) is 5.82 Å². The van der Waals surface area contributed by atoms with E-state index in [1.54, 1.807) is 12.3 Å². The van der Waals surface area contributed by atoms with Crippen LogP contribution >= 0.6 is 0 Å². The Morgan fingerprint density at radius 3 is 3.04 bits per heavy atom. The molecule has 2 N–H and O–H groups in total. The molecule has 7 nitrogen and oxygen atoms in total. The quantitative estimate of drug-likeness (QED) is 0.821. The summed E-state index contributed by atoms with van der Waals surface area (Å²) in [4.78, 5) is 18.7. The summed E-state index contributed by atoms with van der Waals surface area (Å²) in [5.41, 5.74) is -0.227. The van der Waals surface area contributed by atoms with Crippen LogP contribution in [-0.2, 0) is 6.42 Å². The molecule has 2 aromatic heterocycles. The van der Waals surface area contributed by atoms with Gasteiger partial charge in [0.2, 0.25) is 5.76 Å². The Kier molecular flexibility index (Phi) is 5.56. The highest BCUT2D eigenvalue weighted by Crippen LogP contribution is 2.24. The number of hydrogen-bond donors (Lipinski definition) is 2. The average Bonchev–Trinajstić information content (AvgIpc) is 3.08. The van der Waals surface area contributed by atoms with Crippen LogP contribution in [0, 0.1) is 5.92 Å². The first-order chi connectivity index (χ1) is 12.5. The van der Waals surface area contributed by atoms with E-state index in [1.165, 1.54) is 0 Å². The fourth-order valence-corrected chi connectivity index (χ4v) is 3.26. The lowest BCUT2D eigenvalue weighted by atomic mass is 9.92. The molecule has 0 saturated carbocycles. The number of aromatic nitrogens is 2. The minimum atomic E-state index is -0.994. The number of nitrogens with one attached hydrogen (secondary N) is 1. The lowest BCUT2D eigenvalue weighted by Crippen LogP contribution is -2.54. The van der Waals surface area contributed by atoms with Gasteiger partial charge in [-0.25, -0.2) is 4.98 Å². The van der Waals surface area contributed by atoms with Crippen molar-refractivity contribution in [2.75, 3.05) is 24.5 Å². The second kappa shape index (κ2) is 7.86. The number of β-amino-alcohol motifs (C(OH)–C–C–N with tert-alkyl or cyclic N) is 1. The molecule has 1 saturated heterocycles. The highest BCUT2D eigenvalue weighted by molar-refractivity contribution is 5.91. The summed E-state index contributed by atoms with van der Waals surface area (Å²) in [5, 5.41) is 17.6. The standard InChI is InChI=1S/C19H26N4O3/c1-14(2)10-15-11-16(26-22-15)18(24)21-12-19(25)7-5-9-23(13-19)17-6-3-4-8-20-17/h3-4,6,8,11,14,25H,5,7,9-10,12-13H2,1-2H3,(H,21,24)/t19-/m0/s1. The smallest absolute Gasteiger partial charge is 0.290 e. The molecule has 0 spiro atoms. The summed E-state index contributed by atoms with van der Waals surface area (Å²) in [6.45, 7) is 5.60. The third-order valence-corrected chi connectivity index (χ3v) is 4.51. The number of aliphatic hydroxyl groups is 1. The second-order valence-electron chi connectivity index (χ2n) is 7.40. The van der Waals surface area contributed by atoms with Gasteiger partial charge in [-0.05, 0) is 37.3 Å². The number of hydrogen-bond acceptors (Lipinski definition) is 6. The summed E-state index contributed by atoms with van der Waals surface area (Å²) in [6, 6.07) is 7.39. The van der Waals surface area contributed by atoms with Crippen molar-refractivity contribution in [3.63, 3.8) is 0 Å². The van der Waals surface area contributed by atoms with Gasteiger partial charge in [-0.2, -0.15) is 0 Å². The summed E-state index contributed by atoms with van der Waals surface area (Å²) in [6.07, 6.45) is 3.97. The maximum Gasteiger partial charge on any atom is 0.290 e. The summed E-state index contributed by atoms with van der Waals surface area (Å²) in [7, 11) is 0. The molecule has 1 aliphatic rings. The zero-order valence-electron chi connectivity index (χ0n) is 15.3. The molecule has 0 unspecified atom stereocenters. The Labute approximate surface area is 153 Å². The van der Waals surface area contributed by atoms with Crippen molar-refractivity contribution in [3.05, 3.63) is 41.9 Å². The maximum absolute atomic E-state index is 12.3. The monoisotopic (exact) mass is 358 g/mol. The summed E-state index contributed by atoms with van der Waals surface area (Å²) < 4.78 is 5.13. The highest BCUT2D eigenvalue weighted by atomic mass is 16.5. The van der Waals surface area contributed by atoms with Crippen molar-refractivity contribution in [1.29, 1.82) is 0 Å². The van der Waals surface area contributed by atoms with Gasteiger partial charge < -0.3 is 19.8 Å². The summed E-state index contributed by atoms with van der Waals surface area (Å²) >= 11 is 0. The number of carbonyl (C=O) groups excluding carboxylic acids is 1. The number of piperidine rings is 1. The molecule has 1 aliphatic heterocycles. The average molecular weight is 358 g/mol. The molecular formula is C19H26N4O3. The minimum Gasteiger partial charge on any atom is -0.386 e. The van der Waals surface area contributed by atoms with Crippen LogP contribution in [-0.4, -0.2) is 46.4 Å². The SMILES string of the molecule is CC(C)Cc1cc(C(=O)NC[C@@]2(O)CCCN(c3ccccn3)C2)on1. The number of anilines is 1. The van der Waals surface area contributed by atoms with Gasteiger partial charge in [0, 0.05) is 31.9 Å². The van der Waals surface area contributed by atoms with E-state index in [-0.39, 0.29) is 18.2 Å². The Bertz CT molecular complexity index is 731. The van der Waals surface area contributed by atoms with E-state index in [4.69, 9.17) is 4.52 Å². The third kappa shape index (κ3) is 4.60. The van der Waals surface area contributed by atoms with Crippen LogP contribution in [0.5, 0.6) is 0 Å². The summed E-state index contributed by atoms with van der Waals surface area (Å²) in [5.74, 6) is 1.11. The zero-order chi connectivity index (χ0) is 18.6. The number of carbonyl (C=O) groups is 1. The van der Waals surface area contributed by atoms with Crippen LogP contribution in [0.4, 0.5) is 5.82 Å². The molecule has 0 radical (unpaired) electrons. The van der Waals surface area contributed by atoms with Crippen LogP contribution < -0.4 is 10.2 Å². The molecule has 0 bridgehead atoms. The van der Waals surface area contributed by atoms with Crippen molar-refractivity contribution >= 4 is 11.7 Å². The topological polar surface area (TPSA) is 91.5 Å². The van der Waals surface area contributed by atoms with Crippen LogP contribution in [0.3, 0.4) is 0 Å². The predicted molar refractivity (Wildman–Crippen MR) is 98.0 cm³/mol. The van der Waals surface area contributed by atoms with E-state index in [0.717, 1.165) is 30.9 Å². The molecule has 26 heavy (non-hydrogen) atoms. The van der Waals surface area contributed by atoms with E-state index in [0.29, 0.717) is 18.9 Å². The van der Waals surface area contributed by atoms with Gasteiger partial charge in [0.15, 0.2) is 0 Å². The third-order valence-electron chi connectivity index (χ3n) is 4.51. The van der Waals surface area contributed by atoms with E-state index in [1.807, 2.05) is 23.1 Å². The molecule has 2 aromatic rings. The van der Waals surface area contributed by atoms with E-state index in [9.17, 15) is 9.90 Å². The first-order valence-corrected chi connectivity index (χ1v) is 9.07. The highest BCUT2D eigenvalue weighted by Gasteiger charge is 2.34. The van der Waals surface area contributed by atoms with E-state index >= 15 is 0 Å². The molecule has 1 amide bonds. The van der Waals surface area contributed by atoms with Gasteiger partial charge >= 0.3 is 0 Å². The fourth-order valence-electron chi connectivity index (χ4n) is 3.26. The van der Waals surface area contributed by atoms with E-state index < -0.39 is 5.60 Å². The Balaban J connectivity index is 1.57. The van der Waals surface area contributed by atoms with Gasteiger partial charge in [0.25, 0.3) is 5.91 Å². The van der Waals surface area contributed by atoms with Crippen molar-refractivity contribution in [2.45, 2.75) is 38.7 Å². The number of pyridine rings is 1. The van der Waals surface area contributed by atoms with Gasteiger partial charge in [-0.1, -0.05) is 25.1 Å². The lowest BCUT2D eigenvalue weighted by Gasteiger charge is -2.39. The van der Waals surface area contributed by atoms with Gasteiger partial charge in [-0.15, -0.1) is 0 Å². The first-order valence-electron chi connectivity index (χ1n) is 9.07. The molecule has 1 atom stereocenters.